The number of likely N-dealkylation sites (N-methyl/N-ethyl adjacent to an activating group) is 2. The number of ether oxygens (including phenoxy) is 2. The van der Waals surface area contributed by atoms with E-state index in [0.29, 0.717) is 37.6 Å². The quantitative estimate of drug-likeness (QED) is 0.394. The van der Waals surface area contributed by atoms with Crippen molar-refractivity contribution in [1.82, 2.24) is 9.47 Å². The lowest BCUT2D eigenvalue weighted by atomic mass is 10.2. The number of carbonyl (C=O) groups is 1. The molecule has 0 N–H and O–H groups in total. The standard InChI is InChI=1S/C23H32N4O6/c1-6-25(14-13-24(5)22(29)33-23(2,3)4)19-11-10-18(27(30)31)17-20(19)32-16-15-26-12-8-7-9-21(26)28/h7-12,17H,6,13-16H2,1-5H3. The van der Waals surface area contributed by atoms with Crippen LogP contribution >= 0.6 is 0 Å². The second kappa shape index (κ2) is 11.3. The summed E-state index contributed by atoms with van der Waals surface area (Å²) in [4.78, 5) is 38.4. The minimum atomic E-state index is -0.587. The molecular formula is C23H32N4O6. The zero-order valence-corrected chi connectivity index (χ0v) is 19.8. The number of amides is 1. The van der Waals surface area contributed by atoms with Gasteiger partial charge in [-0.2, -0.15) is 0 Å². The number of nitrogens with zero attached hydrogens (tertiary/aromatic N) is 4. The molecule has 1 amide bonds. The van der Waals surface area contributed by atoms with Crippen molar-refractivity contribution >= 4 is 17.5 Å². The van der Waals surface area contributed by atoms with Crippen LogP contribution in [0.3, 0.4) is 0 Å². The van der Waals surface area contributed by atoms with E-state index in [-0.39, 0.29) is 17.9 Å². The van der Waals surface area contributed by atoms with E-state index in [4.69, 9.17) is 9.47 Å². The van der Waals surface area contributed by atoms with E-state index in [0.717, 1.165) is 0 Å². The van der Waals surface area contributed by atoms with E-state index in [1.807, 2.05) is 11.8 Å². The van der Waals surface area contributed by atoms with E-state index in [2.05, 4.69) is 0 Å². The molecule has 0 bridgehead atoms. The molecule has 0 atom stereocenters. The van der Waals surface area contributed by atoms with Gasteiger partial charge in [-0.15, -0.1) is 0 Å². The highest BCUT2D eigenvalue weighted by molar-refractivity contribution is 5.68. The van der Waals surface area contributed by atoms with Crippen LogP contribution < -0.4 is 15.2 Å². The molecule has 10 nitrogen and oxygen atoms in total. The van der Waals surface area contributed by atoms with Crippen molar-refractivity contribution in [2.75, 3.05) is 38.2 Å². The van der Waals surface area contributed by atoms with Crippen molar-refractivity contribution in [1.29, 1.82) is 0 Å². The minimum Gasteiger partial charge on any atom is -0.489 e. The van der Waals surface area contributed by atoms with Crippen molar-refractivity contribution < 1.29 is 19.2 Å². The fraction of sp³-hybridized carbons (Fsp3) is 0.478. The van der Waals surface area contributed by atoms with Gasteiger partial charge in [-0.3, -0.25) is 14.9 Å². The number of hydrogen-bond donors (Lipinski definition) is 0. The number of rotatable bonds is 10. The van der Waals surface area contributed by atoms with E-state index in [1.165, 1.54) is 27.7 Å². The van der Waals surface area contributed by atoms with E-state index < -0.39 is 16.6 Å². The maximum atomic E-state index is 12.2. The van der Waals surface area contributed by atoms with Crippen LogP contribution in [0.2, 0.25) is 0 Å². The summed E-state index contributed by atoms with van der Waals surface area (Å²) in [6.07, 6.45) is 1.23. The number of carbonyl (C=O) groups excluding carboxylic acids is 1. The van der Waals surface area contributed by atoms with Gasteiger partial charge in [-0.1, -0.05) is 6.07 Å². The molecule has 10 heteroatoms. The highest BCUT2D eigenvalue weighted by Crippen LogP contribution is 2.32. The Morgan fingerprint density at radius 1 is 1.18 bits per heavy atom. The van der Waals surface area contributed by atoms with Gasteiger partial charge >= 0.3 is 6.09 Å². The summed E-state index contributed by atoms with van der Waals surface area (Å²) >= 11 is 0. The van der Waals surface area contributed by atoms with Gasteiger partial charge in [0.25, 0.3) is 11.2 Å². The molecule has 0 fully saturated rings. The molecule has 2 rings (SSSR count). The molecular weight excluding hydrogens is 428 g/mol. The molecule has 33 heavy (non-hydrogen) atoms. The Hall–Kier alpha value is -3.56. The molecule has 0 radical (unpaired) electrons. The molecule has 0 aliphatic heterocycles. The first-order valence-electron chi connectivity index (χ1n) is 10.8. The fourth-order valence-corrected chi connectivity index (χ4v) is 3.04. The summed E-state index contributed by atoms with van der Waals surface area (Å²) in [5, 5.41) is 11.3. The minimum absolute atomic E-state index is 0.0902. The topological polar surface area (TPSA) is 107 Å². The summed E-state index contributed by atoms with van der Waals surface area (Å²) in [5.74, 6) is 0.343. The summed E-state index contributed by atoms with van der Waals surface area (Å²) < 4.78 is 12.8. The highest BCUT2D eigenvalue weighted by atomic mass is 16.6. The maximum Gasteiger partial charge on any atom is 0.410 e. The Labute approximate surface area is 193 Å². The van der Waals surface area contributed by atoms with E-state index >= 15 is 0 Å². The third-order valence-corrected chi connectivity index (χ3v) is 4.78. The number of non-ortho nitro benzene ring substituents is 1. The molecule has 0 spiro atoms. The summed E-state index contributed by atoms with van der Waals surface area (Å²) in [7, 11) is 1.66. The molecule has 180 valence electrons. The Bertz CT molecular complexity index is 1010. The third-order valence-electron chi connectivity index (χ3n) is 4.78. The number of anilines is 1. The average molecular weight is 461 g/mol. The number of pyridine rings is 1. The largest absolute Gasteiger partial charge is 0.489 e. The molecule has 0 unspecified atom stereocenters. The van der Waals surface area contributed by atoms with Crippen LogP contribution in [-0.2, 0) is 11.3 Å². The van der Waals surface area contributed by atoms with Gasteiger partial charge in [0.1, 0.15) is 18.0 Å². The number of nitro groups is 1. The SMILES string of the molecule is CCN(CCN(C)C(=O)OC(C)(C)C)c1ccc([N+](=O)[O-])cc1OCCn1ccccc1=O. The molecule has 0 aliphatic carbocycles. The Morgan fingerprint density at radius 3 is 2.52 bits per heavy atom. The first-order chi connectivity index (χ1) is 15.5. The Balaban J connectivity index is 2.14. The maximum absolute atomic E-state index is 12.2. The van der Waals surface area contributed by atoms with Gasteiger partial charge in [-0.25, -0.2) is 4.79 Å². The van der Waals surface area contributed by atoms with Crippen LogP contribution in [0.4, 0.5) is 16.2 Å². The van der Waals surface area contributed by atoms with Crippen LogP contribution in [-0.4, -0.2) is 59.4 Å². The van der Waals surface area contributed by atoms with Crippen LogP contribution in [0.15, 0.2) is 47.4 Å². The normalized spacial score (nSPS) is 11.1. The Kier molecular flexibility index (Phi) is 8.84. The Morgan fingerprint density at radius 2 is 1.91 bits per heavy atom. The first kappa shape index (κ1) is 25.7. The summed E-state index contributed by atoms with van der Waals surface area (Å²) in [5.41, 5.74) is -0.162. The van der Waals surface area contributed by atoms with Crippen LogP contribution in [0.1, 0.15) is 27.7 Å². The van der Waals surface area contributed by atoms with Gasteiger partial charge < -0.3 is 23.8 Å². The lowest BCUT2D eigenvalue weighted by molar-refractivity contribution is -0.384. The predicted octanol–water partition coefficient (Wildman–Crippen LogP) is 3.53. The molecule has 0 saturated carbocycles. The molecule has 2 aromatic rings. The van der Waals surface area contributed by atoms with E-state index in [1.54, 1.807) is 52.2 Å². The average Bonchev–Trinajstić information content (AvgIpc) is 2.74. The van der Waals surface area contributed by atoms with Gasteiger partial charge in [0.05, 0.1) is 23.2 Å². The van der Waals surface area contributed by atoms with Crippen LogP contribution in [0, 0.1) is 10.1 Å². The first-order valence-corrected chi connectivity index (χ1v) is 10.8. The van der Waals surface area contributed by atoms with Crippen molar-refractivity contribution in [3.63, 3.8) is 0 Å². The second-order valence-electron chi connectivity index (χ2n) is 8.47. The zero-order valence-electron chi connectivity index (χ0n) is 19.8. The number of hydrogen-bond acceptors (Lipinski definition) is 7. The van der Waals surface area contributed by atoms with Gasteiger partial charge in [0, 0.05) is 45.0 Å². The van der Waals surface area contributed by atoms with Crippen molar-refractivity contribution in [3.8, 4) is 5.75 Å². The third kappa shape index (κ3) is 7.81. The highest BCUT2D eigenvalue weighted by Gasteiger charge is 2.21. The van der Waals surface area contributed by atoms with Gasteiger partial charge in [0.15, 0.2) is 0 Å². The van der Waals surface area contributed by atoms with Gasteiger partial charge in [0.2, 0.25) is 0 Å². The smallest absolute Gasteiger partial charge is 0.410 e. The lowest BCUT2D eigenvalue weighted by Crippen LogP contribution is -2.39. The zero-order chi connectivity index (χ0) is 24.6. The van der Waals surface area contributed by atoms with Crippen molar-refractivity contribution in [3.05, 3.63) is 63.1 Å². The predicted molar refractivity (Wildman–Crippen MR) is 126 cm³/mol. The van der Waals surface area contributed by atoms with Gasteiger partial charge in [-0.05, 0) is 39.8 Å². The molecule has 1 heterocycles. The van der Waals surface area contributed by atoms with E-state index in [9.17, 15) is 19.7 Å². The number of nitro benzene ring substituents is 1. The molecule has 1 aromatic heterocycles. The molecule has 0 saturated heterocycles. The molecule has 1 aromatic carbocycles. The lowest BCUT2D eigenvalue weighted by Gasteiger charge is -2.29. The second-order valence-corrected chi connectivity index (χ2v) is 8.47. The van der Waals surface area contributed by atoms with Crippen LogP contribution in [0.5, 0.6) is 5.75 Å². The summed E-state index contributed by atoms with van der Waals surface area (Å²) in [6, 6.07) is 9.30. The fourth-order valence-electron chi connectivity index (χ4n) is 3.04. The van der Waals surface area contributed by atoms with Crippen molar-refractivity contribution in [2.24, 2.45) is 0 Å². The number of aromatic nitrogens is 1. The van der Waals surface area contributed by atoms with Crippen molar-refractivity contribution in [2.45, 2.75) is 39.8 Å². The molecule has 0 aliphatic rings. The van der Waals surface area contributed by atoms with Crippen LogP contribution in [0.25, 0.3) is 0 Å². The monoisotopic (exact) mass is 460 g/mol. The number of benzene rings is 1. The summed E-state index contributed by atoms with van der Waals surface area (Å²) in [6.45, 7) is 9.28.